The first-order chi connectivity index (χ1) is 10.9. The van der Waals surface area contributed by atoms with Crippen molar-refractivity contribution in [3.8, 4) is 0 Å². The van der Waals surface area contributed by atoms with Crippen LogP contribution >= 0.6 is 0 Å². The molecule has 0 unspecified atom stereocenters. The summed E-state index contributed by atoms with van der Waals surface area (Å²) < 4.78 is 0. The molecule has 0 aromatic rings. The van der Waals surface area contributed by atoms with Gasteiger partial charge in [0, 0.05) is 0 Å². The summed E-state index contributed by atoms with van der Waals surface area (Å²) in [6, 6.07) is 0. The van der Waals surface area contributed by atoms with Crippen LogP contribution in [0.1, 0.15) is 110 Å². The summed E-state index contributed by atoms with van der Waals surface area (Å²) >= 11 is 0. The first kappa shape index (κ1) is 18.1. The molecule has 0 radical (unpaired) electrons. The molecule has 128 valence electrons. The van der Waals surface area contributed by atoms with Crippen LogP contribution in [0.25, 0.3) is 0 Å². The van der Waals surface area contributed by atoms with Gasteiger partial charge in [0.05, 0.1) is 0 Å². The van der Waals surface area contributed by atoms with Crippen molar-refractivity contribution in [3.05, 3.63) is 12.2 Å². The van der Waals surface area contributed by atoms with E-state index >= 15 is 0 Å². The van der Waals surface area contributed by atoms with Gasteiger partial charge in [-0.05, 0) is 56.3 Å². The first-order valence-corrected chi connectivity index (χ1v) is 10.5. The molecular weight excluding hydrogens is 264 g/mol. The van der Waals surface area contributed by atoms with E-state index in [9.17, 15) is 0 Å². The Morgan fingerprint density at radius 3 is 2.00 bits per heavy atom. The molecule has 0 saturated heterocycles. The minimum absolute atomic E-state index is 1.06. The molecule has 0 heterocycles. The van der Waals surface area contributed by atoms with Gasteiger partial charge in [-0.25, -0.2) is 0 Å². The Balaban J connectivity index is 1.48. The molecule has 0 N–H and O–H groups in total. The topological polar surface area (TPSA) is 0 Å². The lowest BCUT2D eigenvalue weighted by atomic mass is 9.70. The number of rotatable bonds is 9. The maximum absolute atomic E-state index is 2.45. The second kappa shape index (κ2) is 11.3. The molecule has 22 heavy (non-hydrogen) atoms. The molecule has 0 bridgehead atoms. The molecule has 0 nitrogen and oxygen atoms in total. The summed E-state index contributed by atoms with van der Waals surface area (Å²) in [5.41, 5.74) is 0. The first-order valence-electron chi connectivity index (χ1n) is 10.5. The fourth-order valence-corrected chi connectivity index (χ4v) is 4.83. The van der Waals surface area contributed by atoms with Gasteiger partial charge < -0.3 is 0 Å². The van der Waals surface area contributed by atoms with Gasteiger partial charge in [-0.15, -0.1) is 0 Å². The van der Waals surface area contributed by atoms with Crippen molar-refractivity contribution in [2.24, 2.45) is 17.8 Å². The van der Waals surface area contributed by atoms with Crippen LogP contribution < -0.4 is 0 Å². The average Bonchev–Trinajstić information content (AvgIpc) is 2.59. The predicted molar refractivity (Wildman–Crippen MR) is 99.2 cm³/mol. The molecule has 2 aliphatic carbocycles. The Hall–Kier alpha value is -0.260. The summed E-state index contributed by atoms with van der Waals surface area (Å²) in [7, 11) is 0. The number of hydrogen-bond donors (Lipinski definition) is 0. The maximum Gasteiger partial charge on any atom is -0.0351 e. The third kappa shape index (κ3) is 6.88. The summed E-state index contributed by atoms with van der Waals surface area (Å²) in [5, 5.41) is 0. The molecule has 0 heteroatoms. The summed E-state index contributed by atoms with van der Waals surface area (Å²) in [6.45, 7) is 2.28. The highest BCUT2D eigenvalue weighted by Gasteiger charge is 2.28. The van der Waals surface area contributed by atoms with Crippen molar-refractivity contribution in [3.63, 3.8) is 0 Å². The molecule has 0 atom stereocenters. The monoisotopic (exact) mass is 304 g/mol. The van der Waals surface area contributed by atoms with E-state index in [1.54, 1.807) is 38.5 Å². The lowest BCUT2D eigenvalue weighted by Crippen LogP contribution is -2.23. The number of hydrogen-bond acceptors (Lipinski definition) is 0. The van der Waals surface area contributed by atoms with Gasteiger partial charge in [-0.3, -0.25) is 0 Å². The largest absolute Gasteiger partial charge is 0.0885 e. The van der Waals surface area contributed by atoms with Crippen LogP contribution in [-0.2, 0) is 0 Å². The van der Waals surface area contributed by atoms with Crippen LogP contribution in [0, 0.1) is 17.8 Å². The van der Waals surface area contributed by atoms with E-state index < -0.39 is 0 Å². The van der Waals surface area contributed by atoms with Gasteiger partial charge in [0.2, 0.25) is 0 Å². The van der Waals surface area contributed by atoms with E-state index in [2.05, 4.69) is 19.1 Å². The fourth-order valence-electron chi connectivity index (χ4n) is 4.83. The van der Waals surface area contributed by atoms with Crippen molar-refractivity contribution in [2.45, 2.75) is 110 Å². The normalized spacial score (nSPS) is 27.5. The molecule has 0 aliphatic heterocycles. The van der Waals surface area contributed by atoms with E-state index in [0.29, 0.717) is 0 Å². The Bertz CT molecular complexity index is 276. The SMILES string of the molecule is CCCCC/C=C\CCC[C@H]1CC[C@H](C2CCCCC2)CC1. The van der Waals surface area contributed by atoms with Gasteiger partial charge in [0.25, 0.3) is 0 Å². The lowest BCUT2D eigenvalue weighted by molar-refractivity contribution is 0.163. The van der Waals surface area contributed by atoms with Crippen LogP contribution in [0.4, 0.5) is 0 Å². The Morgan fingerprint density at radius 1 is 0.682 bits per heavy atom. The van der Waals surface area contributed by atoms with E-state index in [4.69, 9.17) is 0 Å². The second-order valence-electron chi connectivity index (χ2n) is 8.08. The van der Waals surface area contributed by atoms with Crippen LogP contribution in [0.15, 0.2) is 12.2 Å². The van der Waals surface area contributed by atoms with Crippen LogP contribution in [-0.4, -0.2) is 0 Å². The molecule has 0 spiro atoms. The Kier molecular flexibility index (Phi) is 9.29. The minimum atomic E-state index is 1.06. The molecule has 2 aliphatic rings. The molecule has 0 aromatic carbocycles. The van der Waals surface area contributed by atoms with E-state index in [1.807, 2.05) is 0 Å². The second-order valence-corrected chi connectivity index (χ2v) is 8.08. The van der Waals surface area contributed by atoms with Crippen molar-refractivity contribution in [1.29, 1.82) is 0 Å². The molecule has 2 fully saturated rings. The standard InChI is InChI=1S/C22H40/c1-2-3-4-5-6-7-8-10-13-20-16-18-22(19-17-20)21-14-11-9-12-15-21/h6-7,20-22H,2-5,8-19H2,1H3/b7-6-/t20-,22-. The highest BCUT2D eigenvalue weighted by molar-refractivity contribution is 4.83. The Morgan fingerprint density at radius 2 is 1.32 bits per heavy atom. The number of unbranched alkanes of at least 4 members (excludes halogenated alkanes) is 4. The van der Waals surface area contributed by atoms with E-state index in [0.717, 1.165) is 17.8 Å². The average molecular weight is 305 g/mol. The summed E-state index contributed by atoms with van der Waals surface area (Å²) in [4.78, 5) is 0. The van der Waals surface area contributed by atoms with Gasteiger partial charge in [-0.1, -0.05) is 83.3 Å². The quantitative estimate of drug-likeness (QED) is 0.302. The lowest BCUT2D eigenvalue weighted by Gasteiger charge is -2.36. The Labute approximate surface area is 140 Å². The van der Waals surface area contributed by atoms with Crippen molar-refractivity contribution < 1.29 is 0 Å². The minimum Gasteiger partial charge on any atom is -0.0885 e. The van der Waals surface area contributed by atoms with Gasteiger partial charge in [-0.2, -0.15) is 0 Å². The number of allylic oxidation sites excluding steroid dienone is 2. The summed E-state index contributed by atoms with van der Waals surface area (Å²) in [5.74, 6) is 3.28. The third-order valence-electron chi connectivity index (χ3n) is 6.33. The zero-order valence-corrected chi connectivity index (χ0v) is 15.2. The third-order valence-corrected chi connectivity index (χ3v) is 6.33. The van der Waals surface area contributed by atoms with Crippen LogP contribution in [0.3, 0.4) is 0 Å². The van der Waals surface area contributed by atoms with Gasteiger partial charge in [0.15, 0.2) is 0 Å². The molecule has 2 saturated carbocycles. The van der Waals surface area contributed by atoms with Crippen molar-refractivity contribution >= 4 is 0 Å². The van der Waals surface area contributed by atoms with Gasteiger partial charge in [0.1, 0.15) is 0 Å². The maximum atomic E-state index is 2.45. The van der Waals surface area contributed by atoms with Gasteiger partial charge >= 0.3 is 0 Å². The van der Waals surface area contributed by atoms with Crippen molar-refractivity contribution in [1.82, 2.24) is 0 Å². The zero-order chi connectivity index (χ0) is 15.5. The van der Waals surface area contributed by atoms with Crippen LogP contribution in [0.5, 0.6) is 0 Å². The highest BCUT2D eigenvalue weighted by atomic mass is 14.3. The zero-order valence-electron chi connectivity index (χ0n) is 15.2. The van der Waals surface area contributed by atoms with E-state index in [1.165, 1.54) is 64.2 Å². The van der Waals surface area contributed by atoms with Crippen LogP contribution in [0.2, 0.25) is 0 Å². The van der Waals surface area contributed by atoms with Crippen molar-refractivity contribution in [2.75, 3.05) is 0 Å². The molecule has 2 rings (SSSR count). The van der Waals surface area contributed by atoms with E-state index in [-0.39, 0.29) is 0 Å². The molecular formula is C22H40. The highest BCUT2D eigenvalue weighted by Crippen LogP contribution is 2.40. The summed E-state index contributed by atoms with van der Waals surface area (Å²) in [6.07, 6.45) is 28.4. The fraction of sp³-hybridized carbons (Fsp3) is 0.909. The molecule has 0 amide bonds. The molecule has 0 aromatic heterocycles. The predicted octanol–water partition coefficient (Wildman–Crippen LogP) is 7.68. The smallest absolute Gasteiger partial charge is 0.0351 e.